The molecule has 0 aliphatic heterocycles. The summed E-state index contributed by atoms with van der Waals surface area (Å²) in [7, 11) is 0. The first kappa shape index (κ1) is 16.8. The van der Waals surface area contributed by atoms with Crippen molar-refractivity contribution < 1.29 is 4.79 Å². The van der Waals surface area contributed by atoms with E-state index in [0.717, 1.165) is 14.5 Å². The maximum absolute atomic E-state index is 12.3. The number of nitrogens with one attached hydrogen (secondary N) is 1. The van der Waals surface area contributed by atoms with E-state index in [-0.39, 0.29) is 5.91 Å². The van der Waals surface area contributed by atoms with Crippen LogP contribution in [-0.4, -0.2) is 26.1 Å². The van der Waals surface area contributed by atoms with Crippen LogP contribution in [0.4, 0.5) is 5.69 Å². The summed E-state index contributed by atoms with van der Waals surface area (Å²) in [6.07, 6.45) is 0. The highest BCUT2D eigenvalue weighted by Crippen LogP contribution is 2.19. The summed E-state index contributed by atoms with van der Waals surface area (Å²) in [5, 5.41) is 15.1. The number of aromatic nitrogens is 4. The SMILES string of the molecule is CC(C(=O)Nc1ccc(Br)cc1)n1nnc(-c2ccc(Br)cc2)n1. The topological polar surface area (TPSA) is 72.7 Å². The highest BCUT2D eigenvalue weighted by Gasteiger charge is 2.19. The monoisotopic (exact) mass is 449 g/mol. The van der Waals surface area contributed by atoms with Crippen LogP contribution in [0.15, 0.2) is 57.5 Å². The van der Waals surface area contributed by atoms with Gasteiger partial charge < -0.3 is 5.32 Å². The summed E-state index contributed by atoms with van der Waals surface area (Å²) in [6, 6.07) is 14.4. The molecule has 2 aromatic carbocycles. The van der Waals surface area contributed by atoms with E-state index in [1.165, 1.54) is 4.80 Å². The molecule has 8 heteroatoms. The third-order valence-corrected chi connectivity index (χ3v) is 4.43. The second-order valence-electron chi connectivity index (χ2n) is 5.11. The Balaban J connectivity index is 1.73. The zero-order valence-electron chi connectivity index (χ0n) is 12.6. The fourth-order valence-electron chi connectivity index (χ4n) is 1.99. The summed E-state index contributed by atoms with van der Waals surface area (Å²) in [5.74, 6) is 0.267. The van der Waals surface area contributed by atoms with Crippen molar-refractivity contribution in [3.63, 3.8) is 0 Å². The molecule has 0 fully saturated rings. The maximum Gasteiger partial charge on any atom is 0.250 e. The van der Waals surface area contributed by atoms with Crippen molar-refractivity contribution >= 4 is 43.5 Å². The molecule has 1 aromatic heterocycles. The molecule has 0 bridgehead atoms. The van der Waals surface area contributed by atoms with Gasteiger partial charge in [0.2, 0.25) is 5.82 Å². The van der Waals surface area contributed by atoms with Crippen LogP contribution in [0.2, 0.25) is 0 Å². The van der Waals surface area contributed by atoms with E-state index in [4.69, 9.17) is 0 Å². The molecule has 0 aliphatic rings. The number of carbonyl (C=O) groups excluding carboxylic acids is 1. The van der Waals surface area contributed by atoms with Crippen LogP contribution in [0.25, 0.3) is 11.4 Å². The lowest BCUT2D eigenvalue weighted by Crippen LogP contribution is -2.25. The van der Waals surface area contributed by atoms with Gasteiger partial charge in [-0.05, 0) is 60.7 Å². The highest BCUT2D eigenvalue weighted by molar-refractivity contribution is 9.10. The number of hydrogen-bond donors (Lipinski definition) is 1. The van der Waals surface area contributed by atoms with Gasteiger partial charge in [-0.1, -0.05) is 31.9 Å². The number of anilines is 1. The largest absolute Gasteiger partial charge is 0.324 e. The molecule has 3 aromatic rings. The molecule has 0 saturated carbocycles. The molecule has 3 rings (SSSR count). The zero-order valence-corrected chi connectivity index (χ0v) is 15.8. The summed E-state index contributed by atoms with van der Waals surface area (Å²) in [4.78, 5) is 13.6. The van der Waals surface area contributed by atoms with E-state index in [1.54, 1.807) is 6.92 Å². The predicted octanol–water partition coefficient (Wildman–Crippen LogP) is 4.06. The predicted molar refractivity (Wildman–Crippen MR) is 98.4 cm³/mol. The minimum absolute atomic E-state index is 0.211. The quantitative estimate of drug-likeness (QED) is 0.650. The Hall–Kier alpha value is -2.06. The second-order valence-corrected chi connectivity index (χ2v) is 6.94. The molecule has 0 spiro atoms. The van der Waals surface area contributed by atoms with Gasteiger partial charge in [0.1, 0.15) is 6.04 Å². The zero-order chi connectivity index (χ0) is 17.1. The number of tetrazole rings is 1. The number of rotatable bonds is 4. The van der Waals surface area contributed by atoms with Crippen LogP contribution in [-0.2, 0) is 4.79 Å². The third kappa shape index (κ3) is 3.88. The normalized spacial score (nSPS) is 12.0. The Morgan fingerprint density at radius 1 is 1.04 bits per heavy atom. The van der Waals surface area contributed by atoms with Gasteiger partial charge in [0.05, 0.1) is 0 Å². The molecule has 122 valence electrons. The first-order valence-corrected chi connectivity index (χ1v) is 8.73. The van der Waals surface area contributed by atoms with Gasteiger partial charge in [-0.15, -0.1) is 10.2 Å². The highest BCUT2D eigenvalue weighted by atomic mass is 79.9. The molecular formula is C16H13Br2N5O. The lowest BCUT2D eigenvalue weighted by Gasteiger charge is -2.10. The smallest absolute Gasteiger partial charge is 0.250 e. The van der Waals surface area contributed by atoms with Gasteiger partial charge in [0.15, 0.2) is 0 Å². The molecule has 0 radical (unpaired) electrons. The lowest BCUT2D eigenvalue weighted by molar-refractivity contribution is -0.119. The summed E-state index contributed by atoms with van der Waals surface area (Å²) in [6.45, 7) is 1.72. The van der Waals surface area contributed by atoms with Crippen LogP contribution in [0, 0.1) is 0 Å². The lowest BCUT2D eigenvalue weighted by atomic mass is 10.2. The van der Waals surface area contributed by atoms with E-state index >= 15 is 0 Å². The van der Waals surface area contributed by atoms with E-state index in [1.807, 2.05) is 48.5 Å². The Kier molecular flexibility index (Phi) is 5.06. The Morgan fingerprint density at radius 3 is 2.25 bits per heavy atom. The van der Waals surface area contributed by atoms with Crippen LogP contribution in [0.1, 0.15) is 13.0 Å². The van der Waals surface area contributed by atoms with Crippen molar-refractivity contribution in [1.82, 2.24) is 20.2 Å². The minimum Gasteiger partial charge on any atom is -0.324 e. The van der Waals surface area contributed by atoms with E-state index in [2.05, 4.69) is 52.6 Å². The number of amides is 1. The molecule has 0 aliphatic carbocycles. The van der Waals surface area contributed by atoms with Crippen LogP contribution >= 0.6 is 31.9 Å². The van der Waals surface area contributed by atoms with Gasteiger partial charge in [0, 0.05) is 20.2 Å². The van der Waals surface area contributed by atoms with Crippen molar-refractivity contribution in [3.05, 3.63) is 57.5 Å². The van der Waals surface area contributed by atoms with Gasteiger partial charge in [0.25, 0.3) is 5.91 Å². The van der Waals surface area contributed by atoms with E-state index in [9.17, 15) is 4.79 Å². The van der Waals surface area contributed by atoms with E-state index in [0.29, 0.717) is 11.5 Å². The molecule has 1 unspecified atom stereocenters. The molecule has 0 saturated heterocycles. The molecule has 1 atom stereocenters. The van der Waals surface area contributed by atoms with Crippen LogP contribution < -0.4 is 5.32 Å². The van der Waals surface area contributed by atoms with Crippen molar-refractivity contribution in [3.8, 4) is 11.4 Å². The van der Waals surface area contributed by atoms with Crippen molar-refractivity contribution in [2.45, 2.75) is 13.0 Å². The van der Waals surface area contributed by atoms with Gasteiger partial charge in [-0.25, -0.2) is 0 Å². The summed E-state index contributed by atoms with van der Waals surface area (Å²) in [5.41, 5.74) is 1.55. The molecule has 1 N–H and O–H groups in total. The van der Waals surface area contributed by atoms with Crippen molar-refractivity contribution in [2.75, 3.05) is 5.32 Å². The molecule has 6 nitrogen and oxygen atoms in total. The molecule has 24 heavy (non-hydrogen) atoms. The van der Waals surface area contributed by atoms with Gasteiger partial charge in [-0.3, -0.25) is 4.79 Å². The Morgan fingerprint density at radius 2 is 1.62 bits per heavy atom. The standard InChI is InChI=1S/C16H13Br2N5O/c1-10(16(24)19-14-8-6-13(18)7-9-14)23-21-15(20-22-23)11-2-4-12(17)5-3-11/h2-10H,1H3,(H,19,24). The number of nitrogens with zero attached hydrogens (tertiary/aromatic N) is 4. The van der Waals surface area contributed by atoms with Gasteiger partial charge in [-0.2, -0.15) is 4.80 Å². The Bertz CT molecular complexity index is 846. The third-order valence-electron chi connectivity index (χ3n) is 3.37. The number of benzene rings is 2. The summed E-state index contributed by atoms with van der Waals surface area (Å²) < 4.78 is 1.92. The number of halogens is 2. The van der Waals surface area contributed by atoms with Crippen LogP contribution in [0.3, 0.4) is 0 Å². The van der Waals surface area contributed by atoms with E-state index < -0.39 is 6.04 Å². The van der Waals surface area contributed by atoms with Gasteiger partial charge >= 0.3 is 0 Å². The fraction of sp³-hybridized carbons (Fsp3) is 0.125. The average Bonchev–Trinajstić information content (AvgIpc) is 3.07. The first-order valence-electron chi connectivity index (χ1n) is 7.15. The average molecular weight is 451 g/mol. The molecule has 1 amide bonds. The van der Waals surface area contributed by atoms with Crippen LogP contribution in [0.5, 0.6) is 0 Å². The fourth-order valence-corrected chi connectivity index (χ4v) is 2.52. The Labute approximate surface area is 155 Å². The maximum atomic E-state index is 12.3. The number of carbonyl (C=O) groups is 1. The minimum atomic E-state index is -0.578. The molecular weight excluding hydrogens is 438 g/mol. The second kappa shape index (κ2) is 7.23. The van der Waals surface area contributed by atoms with Crippen molar-refractivity contribution in [2.24, 2.45) is 0 Å². The summed E-state index contributed by atoms with van der Waals surface area (Å²) >= 11 is 6.74. The first-order chi connectivity index (χ1) is 11.5. The number of hydrogen-bond acceptors (Lipinski definition) is 4. The van der Waals surface area contributed by atoms with Crippen molar-refractivity contribution in [1.29, 1.82) is 0 Å². The molecule has 1 heterocycles.